The van der Waals surface area contributed by atoms with E-state index in [1.807, 2.05) is 39.8 Å². The summed E-state index contributed by atoms with van der Waals surface area (Å²) in [5.74, 6) is 0.589. The van der Waals surface area contributed by atoms with Crippen LogP contribution in [0.4, 0.5) is 0 Å². The first-order valence-corrected chi connectivity index (χ1v) is 9.75. The summed E-state index contributed by atoms with van der Waals surface area (Å²) in [4.78, 5) is 4.38. The lowest BCUT2D eigenvalue weighted by Gasteiger charge is -2.17. The van der Waals surface area contributed by atoms with Crippen molar-refractivity contribution in [3.05, 3.63) is 53.9 Å². The number of hydrogen-bond acceptors (Lipinski definition) is 4. The molecule has 0 aliphatic heterocycles. The standard InChI is InChI=1S/C19H22N2O3S/c1-5-24-18-10-14(4)15(13(2)3)11-19(18)25(22,23)21-12-20-16-8-6-7-9-17(16)21/h6-13H,5H2,1-4H3. The monoisotopic (exact) mass is 358 g/mol. The first-order valence-electron chi connectivity index (χ1n) is 8.31. The van der Waals surface area contributed by atoms with Crippen LogP contribution in [0.3, 0.4) is 0 Å². The van der Waals surface area contributed by atoms with Crippen LogP contribution < -0.4 is 4.74 Å². The number of imidazole rings is 1. The second-order valence-electron chi connectivity index (χ2n) is 6.28. The zero-order valence-electron chi connectivity index (χ0n) is 14.9. The van der Waals surface area contributed by atoms with Gasteiger partial charge in [-0.05, 0) is 55.2 Å². The molecule has 0 bridgehead atoms. The maximum atomic E-state index is 13.3. The number of nitrogens with zero attached hydrogens (tertiary/aromatic N) is 2. The van der Waals surface area contributed by atoms with Crippen molar-refractivity contribution in [1.29, 1.82) is 0 Å². The number of aryl methyl sites for hydroxylation is 1. The molecule has 6 heteroatoms. The fourth-order valence-electron chi connectivity index (χ4n) is 3.00. The molecule has 25 heavy (non-hydrogen) atoms. The van der Waals surface area contributed by atoms with Gasteiger partial charge < -0.3 is 4.74 Å². The number of hydrogen-bond donors (Lipinski definition) is 0. The molecule has 2 aromatic carbocycles. The highest BCUT2D eigenvalue weighted by molar-refractivity contribution is 7.90. The van der Waals surface area contributed by atoms with Gasteiger partial charge in [0, 0.05) is 0 Å². The van der Waals surface area contributed by atoms with E-state index in [9.17, 15) is 8.42 Å². The topological polar surface area (TPSA) is 61.2 Å². The van der Waals surface area contributed by atoms with Crippen molar-refractivity contribution < 1.29 is 13.2 Å². The van der Waals surface area contributed by atoms with Gasteiger partial charge in [-0.15, -0.1) is 0 Å². The lowest BCUT2D eigenvalue weighted by atomic mass is 9.98. The molecular weight excluding hydrogens is 336 g/mol. The Balaban J connectivity index is 2.27. The number of benzene rings is 2. The van der Waals surface area contributed by atoms with E-state index in [2.05, 4.69) is 4.98 Å². The minimum Gasteiger partial charge on any atom is -0.492 e. The van der Waals surface area contributed by atoms with Gasteiger partial charge in [0.15, 0.2) is 0 Å². The van der Waals surface area contributed by atoms with Gasteiger partial charge in [0.1, 0.15) is 17.0 Å². The Bertz CT molecular complexity index is 1020. The quantitative estimate of drug-likeness (QED) is 0.689. The van der Waals surface area contributed by atoms with E-state index in [-0.39, 0.29) is 10.8 Å². The SMILES string of the molecule is CCOc1cc(C)c(C(C)C)cc1S(=O)(=O)n1cnc2ccccc21. The maximum Gasteiger partial charge on any atom is 0.273 e. The fourth-order valence-corrected chi connectivity index (χ4v) is 4.45. The Labute approximate surface area is 148 Å². The highest BCUT2D eigenvalue weighted by atomic mass is 32.2. The van der Waals surface area contributed by atoms with Gasteiger partial charge in [-0.2, -0.15) is 0 Å². The number of ether oxygens (including phenoxy) is 1. The first kappa shape index (κ1) is 17.5. The van der Waals surface area contributed by atoms with Crippen molar-refractivity contribution in [2.24, 2.45) is 0 Å². The highest BCUT2D eigenvalue weighted by Crippen LogP contribution is 2.33. The third-order valence-corrected chi connectivity index (χ3v) is 5.90. The van der Waals surface area contributed by atoms with E-state index in [4.69, 9.17) is 4.74 Å². The molecule has 1 heterocycles. The second-order valence-corrected chi connectivity index (χ2v) is 8.06. The normalized spacial score (nSPS) is 12.0. The molecule has 132 valence electrons. The van der Waals surface area contributed by atoms with Crippen LogP contribution in [0.1, 0.15) is 37.8 Å². The van der Waals surface area contributed by atoms with E-state index in [0.29, 0.717) is 23.4 Å². The number of aromatic nitrogens is 2. The summed E-state index contributed by atoms with van der Waals surface area (Å²) in [6.07, 6.45) is 1.35. The van der Waals surface area contributed by atoms with Crippen molar-refractivity contribution in [2.75, 3.05) is 6.61 Å². The van der Waals surface area contributed by atoms with Gasteiger partial charge in [-0.25, -0.2) is 17.4 Å². The van der Waals surface area contributed by atoms with Gasteiger partial charge in [-0.3, -0.25) is 0 Å². The zero-order chi connectivity index (χ0) is 18.2. The molecule has 5 nitrogen and oxygen atoms in total. The summed E-state index contributed by atoms with van der Waals surface area (Å²) in [6.45, 7) is 8.31. The van der Waals surface area contributed by atoms with Crippen LogP contribution in [-0.4, -0.2) is 24.0 Å². The Hall–Kier alpha value is -2.34. The van der Waals surface area contributed by atoms with Gasteiger partial charge in [0.25, 0.3) is 10.0 Å². The molecule has 0 aliphatic carbocycles. The van der Waals surface area contributed by atoms with Crippen molar-refractivity contribution in [1.82, 2.24) is 8.96 Å². The molecule has 0 unspecified atom stereocenters. The van der Waals surface area contributed by atoms with E-state index >= 15 is 0 Å². The van der Waals surface area contributed by atoms with Gasteiger partial charge in [-0.1, -0.05) is 26.0 Å². The van der Waals surface area contributed by atoms with Crippen LogP contribution in [0.5, 0.6) is 5.75 Å². The summed E-state index contributed by atoms with van der Waals surface area (Å²) in [5.41, 5.74) is 3.20. The highest BCUT2D eigenvalue weighted by Gasteiger charge is 2.25. The zero-order valence-corrected chi connectivity index (χ0v) is 15.7. The predicted octanol–water partition coefficient (Wildman–Crippen LogP) is 4.10. The molecular formula is C19H22N2O3S. The maximum absolute atomic E-state index is 13.3. The third-order valence-electron chi connectivity index (χ3n) is 4.21. The molecule has 0 aliphatic rings. The smallest absolute Gasteiger partial charge is 0.273 e. The average molecular weight is 358 g/mol. The molecule has 0 amide bonds. The van der Waals surface area contributed by atoms with Crippen molar-refractivity contribution in [2.45, 2.75) is 38.5 Å². The van der Waals surface area contributed by atoms with Gasteiger partial charge >= 0.3 is 0 Å². The molecule has 1 aromatic heterocycles. The fraction of sp³-hybridized carbons (Fsp3) is 0.316. The van der Waals surface area contributed by atoms with E-state index in [1.54, 1.807) is 24.3 Å². The summed E-state index contributed by atoms with van der Waals surface area (Å²) >= 11 is 0. The minimum absolute atomic E-state index is 0.173. The average Bonchev–Trinajstić information content (AvgIpc) is 2.99. The summed E-state index contributed by atoms with van der Waals surface area (Å²) < 4.78 is 33.5. The van der Waals surface area contributed by atoms with Crippen LogP contribution in [0.15, 0.2) is 47.6 Å². The van der Waals surface area contributed by atoms with E-state index in [0.717, 1.165) is 11.1 Å². The molecule has 0 radical (unpaired) electrons. The molecule has 0 atom stereocenters. The Morgan fingerprint density at radius 1 is 1.20 bits per heavy atom. The largest absolute Gasteiger partial charge is 0.492 e. The first-order chi connectivity index (χ1) is 11.9. The lowest BCUT2D eigenvalue weighted by Crippen LogP contribution is -2.14. The number of para-hydroxylation sites is 2. The molecule has 3 rings (SSSR count). The molecule has 0 saturated carbocycles. The Kier molecular flexibility index (Phi) is 4.56. The van der Waals surface area contributed by atoms with Gasteiger partial charge in [0.2, 0.25) is 0 Å². The van der Waals surface area contributed by atoms with Crippen LogP contribution in [-0.2, 0) is 10.0 Å². The van der Waals surface area contributed by atoms with E-state index < -0.39 is 10.0 Å². The molecule has 3 aromatic rings. The van der Waals surface area contributed by atoms with E-state index in [1.165, 1.54) is 10.3 Å². The number of fused-ring (bicyclic) bond motifs is 1. The third kappa shape index (κ3) is 3.02. The summed E-state index contributed by atoms with van der Waals surface area (Å²) in [5, 5.41) is 0. The minimum atomic E-state index is -3.82. The van der Waals surface area contributed by atoms with Crippen LogP contribution in [0.2, 0.25) is 0 Å². The van der Waals surface area contributed by atoms with Crippen LogP contribution in [0.25, 0.3) is 11.0 Å². The second kappa shape index (κ2) is 6.52. The Morgan fingerprint density at radius 3 is 2.60 bits per heavy atom. The van der Waals surface area contributed by atoms with Crippen molar-refractivity contribution in [3.8, 4) is 5.75 Å². The predicted molar refractivity (Wildman–Crippen MR) is 98.8 cm³/mol. The molecule has 0 N–H and O–H groups in total. The molecule has 0 spiro atoms. The molecule has 0 fully saturated rings. The molecule has 0 saturated heterocycles. The summed E-state index contributed by atoms with van der Waals surface area (Å²) in [7, 11) is -3.82. The van der Waals surface area contributed by atoms with Crippen LogP contribution >= 0.6 is 0 Å². The van der Waals surface area contributed by atoms with Crippen molar-refractivity contribution in [3.63, 3.8) is 0 Å². The van der Waals surface area contributed by atoms with Gasteiger partial charge in [0.05, 0.1) is 17.6 Å². The Morgan fingerprint density at radius 2 is 1.92 bits per heavy atom. The van der Waals surface area contributed by atoms with Crippen LogP contribution in [0, 0.1) is 6.92 Å². The number of rotatable bonds is 5. The lowest BCUT2D eigenvalue weighted by molar-refractivity contribution is 0.330. The summed E-state index contributed by atoms with van der Waals surface area (Å²) in [6, 6.07) is 10.7. The van der Waals surface area contributed by atoms with Crippen molar-refractivity contribution >= 4 is 21.1 Å².